The minimum Gasteiger partial charge on any atom is -0.191 e. The lowest BCUT2D eigenvalue weighted by molar-refractivity contribution is -0.137. The average Bonchev–Trinajstić information content (AvgIpc) is 2.80. The van der Waals surface area contributed by atoms with Gasteiger partial charge in [-0.15, -0.1) is 10.2 Å². The number of aromatic nitrogens is 4. The van der Waals surface area contributed by atoms with E-state index in [0.29, 0.717) is 10.1 Å². The van der Waals surface area contributed by atoms with Crippen molar-refractivity contribution in [2.75, 3.05) is 0 Å². The first-order chi connectivity index (χ1) is 9.86. The van der Waals surface area contributed by atoms with Crippen LogP contribution in [0.1, 0.15) is 5.56 Å². The van der Waals surface area contributed by atoms with E-state index >= 15 is 0 Å². The van der Waals surface area contributed by atoms with Crippen LogP contribution in [0.3, 0.4) is 0 Å². The summed E-state index contributed by atoms with van der Waals surface area (Å²) in [6.45, 7) is 0. The van der Waals surface area contributed by atoms with Gasteiger partial charge in [-0.1, -0.05) is 27.5 Å². The SMILES string of the molecule is FC(F)(F)c1cc(Br)ccc1-c1nnc2ccc(Cl)nn12. The van der Waals surface area contributed by atoms with Gasteiger partial charge < -0.3 is 0 Å². The molecule has 108 valence electrons. The summed E-state index contributed by atoms with van der Waals surface area (Å²) in [7, 11) is 0. The lowest BCUT2D eigenvalue weighted by atomic mass is 10.1. The predicted molar refractivity (Wildman–Crippen MR) is 73.9 cm³/mol. The molecule has 2 aromatic heterocycles. The molecule has 1 aromatic carbocycles. The number of nitrogens with zero attached hydrogens (tertiary/aromatic N) is 4. The van der Waals surface area contributed by atoms with Crippen molar-refractivity contribution in [3.63, 3.8) is 0 Å². The molecule has 0 atom stereocenters. The molecular weight excluding hydrogens is 373 g/mol. The second kappa shape index (κ2) is 4.96. The Labute approximate surface area is 129 Å². The van der Waals surface area contributed by atoms with Crippen LogP contribution in [0.5, 0.6) is 0 Å². The van der Waals surface area contributed by atoms with E-state index in [-0.39, 0.29) is 16.5 Å². The molecule has 4 nitrogen and oxygen atoms in total. The molecule has 9 heteroatoms. The Bertz CT molecular complexity index is 831. The summed E-state index contributed by atoms with van der Waals surface area (Å²) >= 11 is 8.81. The van der Waals surface area contributed by atoms with E-state index in [0.717, 1.165) is 6.07 Å². The van der Waals surface area contributed by atoms with Crippen molar-refractivity contribution in [1.82, 2.24) is 19.8 Å². The summed E-state index contributed by atoms with van der Waals surface area (Å²) in [5, 5.41) is 11.7. The van der Waals surface area contributed by atoms with Gasteiger partial charge in [0.25, 0.3) is 0 Å². The van der Waals surface area contributed by atoms with Crippen molar-refractivity contribution in [3.8, 4) is 11.4 Å². The Morgan fingerprint density at radius 2 is 1.86 bits per heavy atom. The molecule has 0 aliphatic carbocycles. The lowest BCUT2D eigenvalue weighted by Gasteiger charge is -2.11. The van der Waals surface area contributed by atoms with Crippen molar-refractivity contribution in [2.45, 2.75) is 6.18 Å². The zero-order valence-electron chi connectivity index (χ0n) is 10.1. The van der Waals surface area contributed by atoms with Gasteiger partial charge in [0.1, 0.15) is 5.15 Å². The normalized spacial score (nSPS) is 12.0. The lowest BCUT2D eigenvalue weighted by Crippen LogP contribution is -2.08. The molecule has 0 spiro atoms. The van der Waals surface area contributed by atoms with E-state index in [1.54, 1.807) is 0 Å². The molecule has 0 unspecified atom stereocenters. The fourth-order valence-corrected chi connectivity index (χ4v) is 2.38. The van der Waals surface area contributed by atoms with Crippen molar-refractivity contribution in [3.05, 3.63) is 45.5 Å². The number of rotatable bonds is 1. The van der Waals surface area contributed by atoms with E-state index in [1.807, 2.05) is 0 Å². The maximum atomic E-state index is 13.2. The number of hydrogen-bond donors (Lipinski definition) is 0. The number of benzene rings is 1. The van der Waals surface area contributed by atoms with Crippen LogP contribution in [0, 0.1) is 0 Å². The Balaban J connectivity index is 2.30. The Kier molecular flexibility index (Phi) is 3.37. The molecule has 0 saturated carbocycles. The van der Waals surface area contributed by atoms with Crippen LogP contribution in [0.4, 0.5) is 13.2 Å². The predicted octanol–water partition coefficient (Wildman–Crippen LogP) is 4.23. The minimum atomic E-state index is -4.52. The summed E-state index contributed by atoms with van der Waals surface area (Å²) in [4.78, 5) is 0. The van der Waals surface area contributed by atoms with Crippen LogP contribution in [-0.4, -0.2) is 19.8 Å². The number of alkyl halides is 3. The zero-order valence-corrected chi connectivity index (χ0v) is 12.4. The molecule has 0 amide bonds. The highest BCUT2D eigenvalue weighted by molar-refractivity contribution is 9.10. The van der Waals surface area contributed by atoms with Gasteiger partial charge in [0.15, 0.2) is 11.5 Å². The molecule has 0 fully saturated rings. The summed E-state index contributed by atoms with van der Waals surface area (Å²) in [5.41, 5.74) is -0.633. The monoisotopic (exact) mass is 376 g/mol. The molecule has 0 radical (unpaired) electrons. The summed E-state index contributed by atoms with van der Waals surface area (Å²) in [5.74, 6) is -0.0210. The maximum absolute atomic E-state index is 13.2. The van der Waals surface area contributed by atoms with Gasteiger partial charge in [-0.05, 0) is 30.3 Å². The first kappa shape index (κ1) is 14.3. The molecule has 0 N–H and O–H groups in total. The highest BCUT2D eigenvalue weighted by Gasteiger charge is 2.35. The molecule has 0 bridgehead atoms. The van der Waals surface area contributed by atoms with Crippen molar-refractivity contribution in [1.29, 1.82) is 0 Å². The number of hydrogen-bond acceptors (Lipinski definition) is 3. The van der Waals surface area contributed by atoms with Gasteiger partial charge in [0.2, 0.25) is 0 Å². The second-order valence-corrected chi connectivity index (χ2v) is 5.44. The topological polar surface area (TPSA) is 43.1 Å². The van der Waals surface area contributed by atoms with Crippen LogP contribution in [0.15, 0.2) is 34.8 Å². The van der Waals surface area contributed by atoms with E-state index in [9.17, 15) is 13.2 Å². The third-order valence-electron chi connectivity index (χ3n) is 2.76. The summed E-state index contributed by atoms with van der Waals surface area (Å²) in [6.07, 6.45) is -4.52. The first-order valence-corrected chi connectivity index (χ1v) is 6.78. The van der Waals surface area contributed by atoms with E-state index in [2.05, 4.69) is 31.2 Å². The molecule has 21 heavy (non-hydrogen) atoms. The van der Waals surface area contributed by atoms with Gasteiger partial charge in [-0.3, -0.25) is 0 Å². The van der Waals surface area contributed by atoms with Gasteiger partial charge >= 0.3 is 6.18 Å². The third kappa shape index (κ3) is 2.60. The second-order valence-electron chi connectivity index (χ2n) is 4.14. The Morgan fingerprint density at radius 1 is 1.10 bits per heavy atom. The van der Waals surface area contributed by atoms with Crippen LogP contribution in [0.2, 0.25) is 5.15 Å². The van der Waals surface area contributed by atoms with Crippen molar-refractivity contribution < 1.29 is 13.2 Å². The van der Waals surface area contributed by atoms with Gasteiger partial charge in [-0.25, -0.2) is 0 Å². The van der Waals surface area contributed by atoms with E-state index in [4.69, 9.17) is 11.6 Å². The summed E-state index contributed by atoms with van der Waals surface area (Å²) in [6, 6.07) is 6.81. The molecule has 0 saturated heterocycles. The standard InChI is InChI=1S/C12H5BrClF3N4/c13-6-1-2-7(8(5-6)12(15,16)17)11-19-18-10-4-3-9(14)20-21(10)11/h1-5H. The fraction of sp³-hybridized carbons (Fsp3) is 0.0833. The largest absolute Gasteiger partial charge is 0.417 e. The molecule has 3 aromatic rings. The van der Waals surface area contributed by atoms with Crippen LogP contribution >= 0.6 is 27.5 Å². The first-order valence-electron chi connectivity index (χ1n) is 5.61. The molecule has 2 heterocycles. The quantitative estimate of drug-likeness (QED) is 0.637. The van der Waals surface area contributed by atoms with Crippen molar-refractivity contribution >= 4 is 33.2 Å². The van der Waals surface area contributed by atoms with Crippen LogP contribution < -0.4 is 0 Å². The van der Waals surface area contributed by atoms with E-state index in [1.165, 1.54) is 28.8 Å². The Hall–Kier alpha value is -1.67. The van der Waals surface area contributed by atoms with Crippen molar-refractivity contribution in [2.24, 2.45) is 0 Å². The molecule has 0 aliphatic rings. The number of fused-ring (bicyclic) bond motifs is 1. The smallest absolute Gasteiger partial charge is 0.191 e. The van der Waals surface area contributed by atoms with Gasteiger partial charge in [0.05, 0.1) is 5.56 Å². The van der Waals surface area contributed by atoms with Gasteiger partial charge in [0, 0.05) is 10.0 Å². The Morgan fingerprint density at radius 3 is 2.57 bits per heavy atom. The third-order valence-corrected chi connectivity index (χ3v) is 3.45. The molecule has 0 aliphatic heterocycles. The van der Waals surface area contributed by atoms with E-state index < -0.39 is 11.7 Å². The maximum Gasteiger partial charge on any atom is 0.417 e. The molecule has 3 rings (SSSR count). The van der Waals surface area contributed by atoms with Crippen LogP contribution in [-0.2, 0) is 6.18 Å². The highest BCUT2D eigenvalue weighted by atomic mass is 79.9. The average molecular weight is 378 g/mol. The zero-order chi connectivity index (χ0) is 15.2. The van der Waals surface area contributed by atoms with Gasteiger partial charge in [-0.2, -0.15) is 22.8 Å². The number of halogens is 5. The fourth-order valence-electron chi connectivity index (χ4n) is 1.88. The highest BCUT2D eigenvalue weighted by Crippen LogP contribution is 2.38. The summed E-state index contributed by atoms with van der Waals surface area (Å²) < 4.78 is 41.0. The molecular formula is C12H5BrClF3N4. The minimum absolute atomic E-state index is 0.0210. The van der Waals surface area contributed by atoms with Crippen LogP contribution in [0.25, 0.3) is 17.0 Å².